The third-order valence-corrected chi connectivity index (χ3v) is 11.0. The number of aryl methyl sites for hydroxylation is 2. The molecule has 0 unspecified atom stereocenters. The van der Waals surface area contributed by atoms with Crippen LogP contribution in [0.25, 0.3) is 0 Å². The van der Waals surface area contributed by atoms with Gasteiger partial charge in [0.05, 0.1) is 70.0 Å². The highest BCUT2D eigenvalue weighted by Gasteiger charge is 2.35. The lowest BCUT2D eigenvalue weighted by molar-refractivity contribution is -0.368. The van der Waals surface area contributed by atoms with Gasteiger partial charge in [0, 0.05) is 77.7 Å². The van der Waals surface area contributed by atoms with Gasteiger partial charge in [-0.15, -0.1) is 16.6 Å². The van der Waals surface area contributed by atoms with E-state index < -0.39 is 24.2 Å². The van der Waals surface area contributed by atoms with E-state index in [9.17, 15) is 19.5 Å². The maximum absolute atomic E-state index is 14.1. The molecule has 2 amide bonds. The monoisotopic (exact) mass is 948 g/mol. The Morgan fingerprint density at radius 3 is 1.89 bits per heavy atom. The number of hydrogen-bond donors (Lipinski definition) is 5. The topological polar surface area (TPSA) is 300 Å². The standard InChI is InChI=1S/C41H66N16O8.ClH/c1-3-23-63-25-27-65-28-26-64-24-14-44-39-45-40(54-19-15-52(16-20-54)37(61)34(9-5-7-13-43)56-29-33(49-50-56)10-11-35(59)60)47-41(46-39)55-21-17-53(18-22-55)38(62)36(31(2)58)57-30-32(48-51-57)8-4-6-12-42;/h1,29-31,34,36,58H,4-28,42-43H2,2H3,(H,59,60)(H,44,45,46,47);1H/p+1/t31-,34+,36+;/m1./s1. The Bertz CT molecular complexity index is 1950. The number of anilines is 3. The third-order valence-electron chi connectivity index (χ3n) is 11.0. The van der Waals surface area contributed by atoms with E-state index in [4.69, 9.17) is 40.7 Å². The van der Waals surface area contributed by atoms with Crippen LogP contribution in [0, 0.1) is 12.3 Å². The number of aliphatic carboxylic acids is 1. The zero-order chi connectivity index (χ0) is 46.4. The molecule has 66 heavy (non-hydrogen) atoms. The summed E-state index contributed by atoms with van der Waals surface area (Å²) in [6.07, 6.45) is 12.6. The minimum Gasteiger partial charge on any atom is -1.00 e. The van der Waals surface area contributed by atoms with Crippen molar-refractivity contribution in [2.45, 2.75) is 76.5 Å². The first-order valence-corrected chi connectivity index (χ1v) is 22.7. The summed E-state index contributed by atoms with van der Waals surface area (Å²) in [6.45, 7) is 9.16. The van der Waals surface area contributed by atoms with Gasteiger partial charge in [0.1, 0.15) is 12.6 Å². The predicted octanol–water partition coefficient (Wildman–Crippen LogP) is -5.69. The molecule has 5 rings (SSSR count). The SMILES string of the molecule is C#CCOCCOCCOCCNc1nc(N2CCN(C(=O)[C@H]([C@@H](C)O)n3cc(CCCC[NH3+])nn3)CC2)nc(N2CCN(C(=O)[C@H](CCCC[NH3+])n3cc(CCC(=O)O)nn3)CC2)n1.[Cl-]. The number of unbranched alkanes of at least 4 members (excludes halogenated alkanes) is 2. The summed E-state index contributed by atoms with van der Waals surface area (Å²) in [6, 6.07) is -1.49. The second kappa shape index (κ2) is 28.7. The number of carboxylic acids is 1. The van der Waals surface area contributed by atoms with Gasteiger partial charge in [-0.2, -0.15) is 15.0 Å². The fourth-order valence-corrected chi connectivity index (χ4v) is 7.46. The number of rotatable bonds is 29. The highest BCUT2D eigenvalue weighted by Crippen LogP contribution is 2.24. The van der Waals surface area contributed by atoms with Crippen molar-refractivity contribution in [3.63, 3.8) is 0 Å². The number of ether oxygens (including phenoxy) is 3. The lowest BCUT2D eigenvalue weighted by Crippen LogP contribution is -3.00. The zero-order valence-corrected chi connectivity index (χ0v) is 38.8. The number of carbonyl (C=O) groups is 3. The fraction of sp³-hybridized carbons (Fsp3) is 0.707. The lowest BCUT2D eigenvalue weighted by Gasteiger charge is -2.38. The van der Waals surface area contributed by atoms with E-state index >= 15 is 0 Å². The van der Waals surface area contributed by atoms with E-state index in [2.05, 4.69) is 43.3 Å². The predicted molar refractivity (Wildman–Crippen MR) is 235 cm³/mol. The van der Waals surface area contributed by atoms with Crippen molar-refractivity contribution in [1.29, 1.82) is 0 Å². The van der Waals surface area contributed by atoms with Crippen molar-refractivity contribution in [2.24, 2.45) is 0 Å². The van der Waals surface area contributed by atoms with Gasteiger partial charge >= 0.3 is 5.97 Å². The Balaban J connectivity index is 0.00000952. The van der Waals surface area contributed by atoms with Crippen LogP contribution in [0.2, 0.25) is 0 Å². The maximum Gasteiger partial charge on any atom is 0.303 e. The number of amides is 2. The van der Waals surface area contributed by atoms with Crippen LogP contribution >= 0.6 is 0 Å². The molecule has 0 radical (unpaired) electrons. The molecule has 25 heteroatoms. The van der Waals surface area contributed by atoms with Crippen LogP contribution in [0.4, 0.5) is 17.8 Å². The summed E-state index contributed by atoms with van der Waals surface area (Å²) in [7, 11) is 0. The van der Waals surface area contributed by atoms with Gasteiger partial charge in [0.2, 0.25) is 29.7 Å². The highest BCUT2D eigenvalue weighted by molar-refractivity contribution is 5.81. The van der Waals surface area contributed by atoms with Crippen molar-refractivity contribution in [2.75, 3.05) is 127 Å². The minimum atomic E-state index is -0.990. The number of aliphatic hydroxyl groups is 1. The number of aliphatic hydroxyl groups excluding tert-OH is 1. The Morgan fingerprint density at radius 2 is 1.30 bits per heavy atom. The molecule has 0 saturated carbocycles. The van der Waals surface area contributed by atoms with E-state index in [1.165, 1.54) is 4.68 Å². The molecule has 3 aromatic heterocycles. The molecule has 5 heterocycles. The molecule has 2 aliphatic heterocycles. The second-order valence-electron chi connectivity index (χ2n) is 15.9. The number of carbonyl (C=O) groups excluding carboxylic acids is 2. The van der Waals surface area contributed by atoms with Crippen LogP contribution in [0.5, 0.6) is 0 Å². The van der Waals surface area contributed by atoms with Gasteiger partial charge in [-0.25, -0.2) is 9.36 Å². The van der Waals surface area contributed by atoms with Crippen molar-refractivity contribution in [1.82, 2.24) is 54.7 Å². The van der Waals surface area contributed by atoms with Crippen molar-refractivity contribution >= 4 is 35.6 Å². The van der Waals surface area contributed by atoms with E-state index in [1.807, 2.05) is 14.7 Å². The quantitative estimate of drug-likeness (QED) is 0.0320. The van der Waals surface area contributed by atoms with Gasteiger partial charge in [0.25, 0.3) is 0 Å². The second-order valence-corrected chi connectivity index (χ2v) is 15.9. The van der Waals surface area contributed by atoms with Gasteiger partial charge in [-0.05, 0) is 45.4 Å². The molecule has 0 aliphatic carbocycles. The molecule has 9 N–H and O–H groups in total. The van der Waals surface area contributed by atoms with E-state index in [-0.39, 0.29) is 43.7 Å². The Kier molecular flexibility index (Phi) is 23.2. The molecule has 2 aliphatic rings. The molecular weight excluding hydrogens is 880 g/mol. The number of halogens is 1. The summed E-state index contributed by atoms with van der Waals surface area (Å²) in [5.74, 6) is 2.41. The average Bonchev–Trinajstić information content (AvgIpc) is 3.99. The zero-order valence-electron chi connectivity index (χ0n) is 38.1. The van der Waals surface area contributed by atoms with Crippen LogP contribution in [0.3, 0.4) is 0 Å². The molecule has 2 fully saturated rings. The number of nitrogens with zero attached hydrogens (tertiary/aromatic N) is 13. The first kappa shape index (κ1) is 53.3. The Hall–Kier alpha value is -5.29. The number of carboxylic acid groups (broad SMARTS) is 1. The number of piperazine rings is 2. The van der Waals surface area contributed by atoms with Crippen molar-refractivity contribution in [3.8, 4) is 12.3 Å². The molecule has 3 atom stereocenters. The first-order chi connectivity index (χ1) is 31.6. The molecule has 0 aromatic carbocycles. The molecule has 24 nitrogen and oxygen atoms in total. The smallest absolute Gasteiger partial charge is 0.303 e. The van der Waals surface area contributed by atoms with Gasteiger partial charge in [-0.1, -0.05) is 16.3 Å². The summed E-state index contributed by atoms with van der Waals surface area (Å²) in [5, 5.41) is 39.9. The summed E-state index contributed by atoms with van der Waals surface area (Å²) >= 11 is 0. The van der Waals surface area contributed by atoms with Crippen LogP contribution in [-0.2, 0) is 41.4 Å². The van der Waals surface area contributed by atoms with Gasteiger partial charge < -0.3 is 73.2 Å². The largest absolute Gasteiger partial charge is 1.00 e. The molecular formula is C41H68ClN16O8+. The van der Waals surface area contributed by atoms with E-state index in [0.29, 0.717) is 122 Å². The highest BCUT2D eigenvalue weighted by atomic mass is 35.5. The summed E-state index contributed by atoms with van der Waals surface area (Å²) in [4.78, 5) is 61.1. The fourth-order valence-electron chi connectivity index (χ4n) is 7.46. The van der Waals surface area contributed by atoms with E-state index in [1.54, 1.807) is 28.9 Å². The third kappa shape index (κ3) is 16.5. The number of hydrogen-bond acceptors (Lipinski definition) is 17. The molecule has 3 aromatic rings. The lowest BCUT2D eigenvalue weighted by atomic mass is 10.1. The summed E-state index contributed by atoms with van der Waals surface area (Å²) in [5.41, 5.74) is 9.12. The Labute approximate surface area is 391 Å². The normalized spacial score (nSPS) is 15.5. The number of aromatic nitrogens is 9. The van der Waals surface area contributed by atoms with Crippen LogP contribution in [-0.4, -0.2) is 200 Å². The van der Waals surface area contributed by atoms with Crippen LogP contribution in [0.1, 0.15) is 68.9 Å². The Morgan fingerprint density at radius 1 is 0.758 bits per heavy atom. The first-order valence-electron chi connectivity index (χ1n) is 22.7. The molecule has 0 spiro atoms. The molecule has 366 valence electrons. The van der Waals surface area contributed by atoms with Crippen molar-refractivity contribution < 1.29 is 62.7 Å². The van der Waals surface area contributed by atoms with Crippen molar-refractivity contribution in [3.05, 3.63) is 23.8 Å². The average molecular weight is 949 g/mol. The summed E-state index contributed by atoms with van der Waals surface area (Å²) < 4.78 is 19.5. The van der Waals surface area contributed by atoms with Gasteiger partial charge in [-0.3, -0.25) is 14.4 Å². The van der Waals surface area contributed by atoms with Gasteiger partial charge in [0.15, 0.2) is 6.04 Å². The number of quaternary nitrogens is 2. The minimum absolute atomic E-state index is 0. The number of nitrogens with one attached hydrogen (secondary N) is 1. The van der Waals surface area contributed by atoms with E-state index in [0.717, 1.165) is 50.9 Å². The molecule has 2 saturated heterocycles. The molecule has 0 bridgehead atoms. The van der Waals surface area contributed by atoms with Crippen LogP contribution < -0.4 is 39.0 Å². The maximum atomic E-state index is 14.1. The number of terminal acetylenes is 1. The van der Waals surface area contributed by atoms with Crippen LogP contribution in [0.15, 0.2) is 12.4 Å².